The molecule has 0 radical (unpaired) electrons. The van der Waals surface area contributed by atoms with Crippen LogP contribution >= 0.6 is 0 Å². The van der Waals surface area contributed by atoms with E-state index in [4.69, 9.17) is 14.2 Å². The summed E-state index contributed by atoms with van der Waals surface area (Å²) >= 11 is 0. The van der Waals surface area contributed by atoms with E-state index < -0.39 is 6.10 Å². The number of rotatable bonds is 8. The first-order valence-corrected chi connectivity index (χ1v) is 8.00. The lowest BCUT2D eigenvalue weighted by Crippen LogP contribution is -2.32. The zero-order valence-corrected chi connectivity index (χ0v) is 14.2. The molecule has 0 fully saturated rings. The van der Waals surface area contributed by atoms with Crippen molar-refractivity contribution in [3.05, 3.63) is 48.5 Å². The van der Waals surface area contributed by atoms with Crippen LogP contribution in [-0.2, 0) is 4.79 Å². The number of hydrogen-bond donors (Lipinski definition) is 1. The minimum atomic E-state index is -0.580. The third-order valence-electron chi connectivity index (χ3n) is 3.42. The number of carbonyl (C=O) groups is 1. The van der Waals surface area contributed by atoms with Crippen LogP contribution in [-0.4, -0.2) is 25.7 Å². The van der Waals surface area contributed by atoms with Gasteiger partial charge in [0, 0.05) is 11.8 Å². The Hall–Kier alpha value is -2.69. The third kappa shape index (κ3) is 4.91. The molecule has 0 aliphatic heterocycles. The maximum absolute atomic E-state index is 12.4. The number of ether oxygens (including phenoxy) is 3. The predicted octanol–water partition coefficient (Wildman–Crippen LogP) is 3.89. The van der Waals surface area contributed by atoms with Crippen LogP contribution in [0.2, 0.25) is 0 Å². The van der Waals surface area contributed by atoms with Crippen molar-refractivity contribution in [2.24, 2.45) is 0 Å². The van der Waals surface area contributed by atoms with Crippen molar-refractivity contribution >= 4 is 11.6 Å². The van der Waals surface area contributed by atoms with Crippen LogP contribution in [0.1, 0.15) is 20.3 Å². The van der Waals surface area contributed by atoms with Gasteiger partial charge in [-0.15, -0.1) is 0 Å². The van der Waals surface area contributed by atoms with Gasteiger partial charge in [-0.05, 0) is 49.7 Å². The summed E-state index contributed by atoms with van der Waals surface area (Å²) in [4.78, 5) is 12.4. The maximum atomic E-state index is 12.4. The number of anilines is 1. The van der Waals surface area contributed by atoms with Crippen LogP contribution in [0.25, 0.3) is 0 Å². The first-order valence-electron chi connectivity index (χ1n) is 8.00. The van der Waals surface area contributed by atoms with E-state index in [1.807, 2.05) is 38.1 Å². The van der Waals surface area contributed by atoms with E-state index in [0.29, 0.717) is 30.2 Å². The summed E-state index contributed by atoms with van der Waals surface area (Å²) in [5, 5.41) is 2.86. The SMILES string of the molecule is CCOc1ccc(NC(=O)[C@H](CC)Oc2cccc(OC)c2)cc1. The van der Waals surface area contributed by atoms with E-state index in [1.54, 1.807) is 31.4 Å². The van der Waals surface area contributed by atoms with Gasteiger partial charge in [-0.25, -0.2) is 0 Å². The fourth-order valence-electron chi connectivity index (χ4n) is 2.18. The van der Waals surface area contributed by atoms with Crippen LogP contribution in [0.5, 0.6) is 17.2 Å². The fraction of sp³-hybridized carbons (Fsp3) is 0.316. The van der Waals surface area contributed by atoms with Gasteiger partial charge in [0.2, 0.25) is 0 Å². The molecule has 2 rings (SSSR count). The highest BCUT2D eigenvalue weighted by molar-refractivity contribution is 5.94. The molecule has 0 aliphatic carbocycles. The molecular weight excluding hydrogens is 306 g/mol. The Morgan fingerprint density at radius 2 is 1.75 bits per heavy atom. The van der Waals surface area contributed by atoms with Gasteiger partial charge < -0.3 is 19.5 Å². The summed E-state index contributed by atoms with van der Waals surface area (Å²) < 4.78 is 16.3. The third-order valence-corrected chi connectivity index (χ3v) is 3.42. The molecule has 2 aromatic carbocycles. The van der Waals surface area contributed by atoms with Gasteiger partial charge in [0.05, 0.1) is 13.7 Å². The molecule has 5 nitrogen and oxygen atoms in total. The highest BCUT2D eigenvalue weighted by Crippen LogP contribution is 2.21. The van der Waals surface area contributed by atoms with Crippen molar-refractivity contribution in [1.29, 1.82) is 0 Å². The number of amides is 1. The van der Waals surface area contributed by atoms with E-state index in [9.17, 15) is 4.79 Å². The first-order chi connectivity index (χ1) is 11.7. The zero-order valence-electron chi connectivity index (χ0n) is 14.2. The quantitative estimate of drug-likeness (QED) is 0.798. The first kappa shape index (κ1) is 17.7. The number of methoxy groups -OCH3 is 1. The minimum Gasteiger partial charge on any atom is -0.497 e. The van der Waals surface area contributed by atoms with Crippen molar-refractivity contribution < 1.29 is 19.0 Å². The predicted molar refractivity (Wildman–Crippen MR) is 93.9 cm³/mol. The molecule has 1 amide bonds. The lowest BCUT2D eigenvalue weighted by Gasteiger charge is -2.18. The Morgan fingerprint density at radius 1 is 1.04 bits per heavy atom. The van der Waals surface area contributed by atoms with Gasteiger partial charge in [-0.2, -0.15) is 0 Å². The minimum absolute atomic E-state index is 0.190. The normalized spacial score (nSPS) is 11.5. The Bertz CT molecular complexity index is 655. The van der Waals surface area contributed by atoms with E-state index >= 15 is 0 Å². The van der Waals surface area contributed by atoms with Crippen molar-refractivity contribution in [1.82, 2.24) is 0 Å². The summed E-state index contributed by atoms with van der Waals surface area (Å²) in [6, 6.07) is 14.5. The van der Waals surface area contributed by atoms with Gasteiger partial charge in [-0.3, -0.25) is 4.79 Å². The smallest absolute Gasteiger partial charge is 0.265 e. The van der Waals surface area contributed by atoms with Crippen LogP contribution in [0.15, 0.2) is 48.5 Å². The summed E-state index contributed by atoms with van der Waals surface area (Å²) in [5.41, 5.74) is 0.705. The Morgan fingerprint density at radius 3 is 2.38 bits per heavy atom. The maximum Gasteiger partial charge on any atom is 0.265 e. The Balaban J connectivity index is 2.00. The van der Waals surface area contributed by atoms with Gasteiger partial charge >= 0.3 is 0 Å². The van der Waals surface area contributed by atoms with E-state index in [2.05, 4.69) is 5.32 Å². The molecule has 0 unspecified atom stereocenters. The van der Waals surface area contributed by atoms with Gasteiger partial charge in [0.15, 0.2) is 6.10 Å². The zero-order chi connectivity index (χ0) is 17.4. The Labute approximate surface area is 142 Å². The van der Waals surface area contributed by atoms with Crippen LogP contribution in [0.3, 0.4) is 0 Å². The highest BCUT2D eigenvalue weighted by atomic mass is 16.5. The van der Waals surface area contributed by atoms with E-state index in [-0.39, 0.29) is 5.91 Å². The molecule has 0 saturated carbocycles. The van der Waals surface area contributed by atoms with Crippen molar-refractivity contribution in [2.75, 3.05) is 19.0 Å². The molecule has 0 aliphatic rings. The topological polar surface area (TPSA) is 56.8 Å². The lowest BCUT2D eigenvalue weighted by molar-refractivity contribution is -0.122. The lowest BCUT2D eigenvalue weighted by atomic mass is 10.2. The van der Waals surface area contributed by atoms with Crippen LogP contribution in [0.4, 0.5) is 5.69 Å². The molecule has 1 N–H and O–H groups in total. The number of carbonyl (C=O) groups excluding carboxylic acids is 1. The molecule has 2 aromatic rings. The number of hydrogen-bond acceptors (Lipinski definition) is 4. The van der Waals surface area contributed by atoms with Gasteiger partial charge in [0.1, 0.15) is 17.2 Å². The second-order valence-corrected chi connectivity index (χ2v) is 5.14. The molecule has 128 valence electrons. The largest absolute Gasteiger partial charge is 0.497 e. The second-order valence-electron chi connectivity index (χ2n) is 5.14. The van der Waals surface area contributed by atoms with Crippen molar-refractivity contribution in [2.45, 2.75) is 26.4 Å². The van der Waals surface area contributed by atoms with Crippen LogP contribution in [0, 0.1) is 0 Å². The average molecular weight is 329 g/mol. The molecule has 5 heteroatoms. The monoisotopic (exact) mass is 329 g/mol. The number of benzene rings is 2. The fourth-order valence-corrected chi connectivity index (χ4v) is 2.18. The molecule has 0 saturated heterocycles. The van der Waals surface area contributed by atoms with Crippen molar-refractivity contribution in [3.8, 4) is 17.2 Å². The average Bonchev–Trinajstić information content (AvgIpc) is 2.61. The van der Waals surface area contributed by atoms with E-state index in [0.717, 1.165) is 5.75 Å². The van der Waals surface area contributed by atoms with E-state index in [1.165, 1.54) is 0 Å². The summed E-state index contributed by atoms with van der Waals surface area (Å²) in [6.45, 7) is 4.44. The summed E-state index contributed by atoms with van der Waals surface area (Å²) in [7, 11) is 1.59. The molecular formula is C19H23NO4. The van der Waals surface area contributed by atoms with Gasteiger partial charge in [-0.1, -0.05) is 13.0 Å². The molecule has 0 heterocycles. The van der Waals surface area contributed by atoms with Crippen LogP contribution < -0.4 is 19.5 Å². The Kier molecular flexibility index (Phi) is 6.49. The van der Waals surface area contributed by atoms with Gasteiger partial charge in [0.25, 0.3) is 5.91 Å². The summed E-state index contributed by atoms with van der Waals surface area (Å²) in [6.07, 6.45) is -0.0243. The highest BCUT2D eigenvalue weighted by Gasteiger charge is 2.18. The molecule has 0 aromatic heterocycles. The standard InChI is InChI=1S/C19H23NO4/c1-4-18(24-17-8-6-7-16(13-17)22-3)19(21)20-14-9-11-15(12-10-14)23-5-2/h6-13,18H,4-5H2,1-3H3,(H,20,21)/t18-/m0/s1. The second kappa shape index (κ2) is 8.82. The number of nitrogens with one attached hydrogen (secondary N) is 1. The molecule has 0 bridgehead atoms. The molecule has 1 atom stereocenters. The summed E-state index contributed by atoms with van der Waals surface area (Å²) in [5.74, 6) is 1.87. The molecule has 0 spiro atoms. The van der Waals surface area contributed by atoms with Crippen molar-refractivity contribution in [3.63, 3.8) is 0 Å². The molecule has 24 heavy (non-hydrogen) atoms.